The molecular formula is C16H20N2O. The van der Waals surface area contributed by atoms with Gasteiger partial charge in [-0.25, -0.2) is 0 Å². The van der Waals surface area contributed by atoms with E-state index in [-0.39, 0.29) is 0 Å². The normalized spacial score (nSPS) is 10.7. The number of para-hydroxylation sites is 1. The van der Waals surface area contributed by atoms with Crippen molar-refractivity contribution in [3.05, 3.63) is 59.4 Å². The van der Waals surface area contributed by atoms with Gasteiger partial charge in [0.15, 0.2) is 0 Å². The standard InChI is InChI=1S/C16H20N2O/c1-12(2)15-5-3-4-6-16(15)19-11-14-8-7-13(9-17)10-18-14/h3-8,10,12H,9,11,17H2,1-2H3. The number of aromatic nitrogens is 1. The predicted molar refractivity (Wildman–Crippen MR) is 77.0 cm³/mol. The summed E-state index contributed by atoms with van der Waals surface area (Å²) in [5, 5.41) is 0. The summed E-state index contributed by atoms with van der Waals surface area (Å²) in [5.74, 6) is 1.38. The molecule has 0 amide bonds. The first kappa shape index (κ1) is 13.6. The number of nitrogens with zero attached hydrogens (tertiary/aromatic N) is 1. The van der Waals surface area contributed by atoms with E-state index in [1.54, 1.807) is 6.20 Å². The molecule has 2 N–H and O–H groups in total. The van der Waals surface area contributed by atoms with Crippen LogP contribution >= 0.6 is 0 Å². The van der Waals surface area contributed by atoms with Gasteiger partial charge in [-0.1, -0.05) is 38.1 Å². The molecule has 0 aliphatic heterocycles. The van der Waals surface area contributed by atoms with Crippen molar-refractivity contribution in [2.24, 2.45) is 5.73 Å². The van der Waals surface area contributed by atoms with Gasteiger partial charge < -0.3 is 10.5 Å². The van der Waals surface area contributed by atoms with Crippen molar-refractivity contribution < 1.29 is 4.74 Å². The van der Waals surface area contributed by atoms with Gasteiger partial charge in [0, 0.05) is 12.7 Å². The summed E-state index contributed by atoms with van der Waals surface area (Å²) in [4.78, 5) is 4.33. The molecule has 1 aromatic heterocycles. The van der Waals surface area contributed by atoms with Gasteiger partial charge >= 0.3 is 0 Å². The molecule has 0 radical (unpaired) electrons. The fourth-order valence-corrected chi connectivity index (χ4v) is 1.90. The molecule has 100 valence electrons. The van der Waals surface area contributed by atoms with Crippen LogP contribution in [0.4, 0.5) is 0 Å². The number of ether oxygens (including phenoxy) is 1. The summed E-state index contributed by atoms with van der Waals surface area (Å²) >= 11 is 0. The van der Waals surface area contributed by atoms with E-state index in [0.29, 0.717) is 19.1 Å². The van der Waals surface area contributed by atoms with Crippen LogP contribution < -0.4 is 10.5 Å². The number of benzene rings is 1. The Labute approximate surface area is 114 Å². The molecule has 3 heteroatoms. The second-order valence-electron chi connectivity index (χ2n) is 4.84. The van der Waals surface area contributed by atoms with Crippen LogP contribution in [-0.4, -0.2) is 4.98 Å². The highest BCUT2D eigenvalue weighted by molar-refractivity contribution is 5.35. The zero-order chi connectivity index (χ0) is 13.7. The average Bonchev–Trinajstić information content (AvgIpc) is 2.46. The Kier molecular flexibility index (Phi) is 4.53. The molecule has 1 heterocycles. The molecule has 0 aliphatic rings. The summed E-state index contributed by atoms with van der Waals surface area (Å²) in [6, 6.07) is 12.1. The number of hydrogen-bond donors (Lipinski definition) is 1. The van der Waals surface area contributed by atoms with Gasteiger partial charge in [-0.3, -0.25) is 4.98 Å². The Morgan fingerprint density at radius 2 is 1.95 bits per heavy atom. The summed E-state index contributed by atoms with van der Waals surface area (Å²) in [7, 11) is 0. The topological polar surface area (TPSA) is 48.1 Å². The molecule has 0 aliphatic carbocycles. The van der Waals surface area contributed by atoms with Crippen LogP contribution in [0.15, 0.2) is 42.6 Å². The lowest BCUT2D eigenvalue weighted by molar-refractivity contribution is 0.297. The second kappa shape index (κ2) is 6.34. The third-order valence-electron chi connectivity index (χ3n) is 3.04. The van der Waals surface area contributed by atoms with Gasteiger partial charge in [0.25, 0.3) is 0 Å². The summed E-state index contributed by atoms with van der Waals surface area (Å²) in [5.41, 5.74) is 8.72. The minimum absolute atomic E-state index is 0.448. The Balaban J connectivity index is 2.05. The van der Waals surface area contributed by atoms with Crippen molar-refractivity contribution >= 4 is 0 Å². The average molecular weight is 256 g/mol. The largest absolute Gasteiger partial charge is 0.487 e. The maximum absolute atomic E-state index is 5.86. The molecule has 1 aromatic carbocycles. The van der Waals surface area contributed by atoms with Crippen molar-refractivity contribution in [2.75, 3.05) is 0 Å². The SMILES string of the molecule is CC(C)c1ccccc1OCc1ccc(CN)cn1. The molecule has 3 nitrogen and oxygen atoms in total. The van der Waals surface area contributed by atoms with Crippen molar-refractivity contribution in [3.63, 3.8) is 0 Å². The third-order valence-corrected chi connectivity index (χ3v) is 3.04. The quantitative estimate of drug-likeness (QED) is 0.893. The molecular weight excluding hydrogens is 236 g/mol. The number of hydrogen-bond acceptors (Lipinski definition) is 3. The van der Waals surface area contributed by atoms with E-state index in [4.69, 9.17) is 10.5 Å². The highest BCUT2D eigenvalue weighted by Crippen LogP contribution is 2.26. The maximum atomic E-state index is 5.86. The fourth-order valence-electron chi connectivity index (χ4n) is 1.90. The van der Waals surface area contributed by atoms with Crippen molar-refractivity contribution in [1.82, 2.24) is 4.98 Å². The van der Waals surface area contributed by atoms with Gasteiger partial charge in [-0.15, -0.1) is 0 Å². The fraction of sp³-hybridized carbons (Fsp3) is 0.312. The first-order chi connectivity index (χ1) is 9.20. The van der Waals surface area contributed by atoms with E-state index in [0.717, 1.165) is 17.0 Å². The number of nitrogens with two attached hydrogens (primary N) is 1. The van der Waals surface area contributed by atoms with Gasteiger partial charge in [0.05, 0.1) is 5.69 Å². The molecule has 0 unspecified atom stereocenters. The van der Waals surface area contributed by atoms with Crippen LogP contribution in [0.3, 0.4) is 0 Å². The lowest BCUT2D eigenvalue weighted by Gasteiger charge is -2.13. The molecule has 0 saturated heterocycles. The Morgan fingerprint density at radius 3 is 2.58 bits per heavy atom. The van der Waals surface area contributed by atoms with E-state index in [1.165, 1.54) is 5.56 Å². The minimum Gasteiger partial charge on any atom is -0.487 e. The molecule has 0 fully saturated rings. The molecule has 0 bridgehead atoms. The zero-order valence-corrected chi connectivity index (χ0v) is 11.5. The summed E-state index contributed by atoms with van der Waals surface area (Å²) < 4.78 is 5.86. The second-order valence-corrected chi connectivity index (χ2v) is 4.84. The Hall–Kier alpha value is -1.87. The van der Waals surface area contributed by atoms with Gasteiger partial charge in [0.1, 0.15) is 12.4 Å². The van der Waals surface area contributed by atoms with Gasteiger partial charge in [-0.05, 0) is 29.2 Å². The smallest absolute Gasteiger partial charge is 0.130 e. The van der Waals surface area contributed by atoms with Crippen LogP contribution in [0.2, 0.25) is 0 Å². The van der Waals surface area contributed by atoms with E-state index in [2.05, 4.69) is 24.9 Å². The van der Waals surface area contributed by atoms with Crippen molar-refractivity contribution in [1.29, 1.82) is 0 Å². The van der Waals surface area contributed by atoms with E-state index >= 15 is 0 Å². The summed E-state index contributed by atoms with van der Waals surface area (Å²) in [6.45, 7) is 5.33. The lowest BCUT2D eigenvalue weighted by atomic mass is 10.0. The molecule has 0 atom stereocenters. The molecule has 2 aromatic rings. The summed E-state index contributed by atoms with van der Waals surface area (Å²) in [6.07, 6.45) is 1.80. The molecule has 19 heavy (non-hydrogen) atoms. The maximum Gasteiger partial charge on any atom is 0.130 e. The molecule has 2 rings (SSSR count). The predicted octanol–water partition coefficient (Wildman–Crippen LogP) is 3.24. The Morgan fingerprint density at radius 1 is 1.16 bits per heavy atom. The van der Waals surface area contributed by atoms with Gasteiger partial charge in [-0.2, -0.15) is 0 Å². The highest BCUT2D eigenvalue weighted by atomic mass is 16.5. The van der Waals surface area contributed by atoms with E-state index in [9.17, 15) is 0 Å². The molecule has 0 spiro atoms. The van der Waals surface area contributed by atoms with Crippen molar-refractivity contribution in [2.45, 2.75) is 32.9 Å². The number of pyridine rings is 1. The number of rotatable bonds is 5. The first-order valence-corrected chi connectivity index (χ1v) is 6.56. The van der Waals surface area contributed by atoms with Crippen LogP contribution in [0.25, 0.3) is 0 Å². The van der Waals surface area contributed by atoms with Crippen LogP contribution in [0.1, 0.15) is 36.6 Å². The van der Waals surface area contributed by atoms with Crippen LogP contribution in [0.5, 0.6) is 5.75 Å². The monoisotopic (exact) mass is 256 g/mol. The minimum atomic E-state index is 0.448. The highest BCUT2D eigenvalue weighted by Gasteiger charge is 2.07. The Bertz CT molecular complexity index is 521. The van der Waals surface area contributed by atoms with E-state index in [1.807, 2.05) is 30.3 Å². The lowest BCUT2D eigenvalue weighted by Crippen LogP contribution is -2.03. The van der Waals surface area contributed by atoms with E-state index < -0.39 is 0 Å². The van der Waals surface area contributed by atoms with Crippen molar-refractivity contribution in [3.8, 4) is 5.75 Å². The zero-order valence-electron chi connectivity index (χ0n) is 11.5. The van der Waals surface area contributed by atoms with Gasteiger partial charge in [0.2, 0.25) is 0 Å². The van der Waals surface area contributed by atoms with Crippen LogP contribution in [-0.2, 0) is 13.2 Å². The molecule has 0 saturated carbocycles. The first-order valence-electron chi connectivity index (χ1n) is 6.56. The van der Waals surface area contributed by atoms with Crippen LogP contribution in [0, 0.1) is 0 Å². The third kappa shape index (κ3) is 3.55.